The number of rotatable bonds is 5. The van der Waals surface area contributed by atoms with Gasteiger partial charge in [-0.05, 0) is 38.2 Å². The van der Waals surface area contributed by atoms with Gasteiger partial charge in [0.15, 0.2) is 0 Å². The van der Waals surface area contributed by atoms with Crippen molar-refractivity contribution in [3.8, 4) is 0 Å². The summed E-state index contributed by atoms with van der Waals surface area (Å²) >= 11 is 0. The van der Waals surface area contributed by atoms with E-state index in [0.717, 1.165) is 5.75 Å². The first-order valence-corrected chi connectivity index (χ1v) is 8.40. The van der Waals surface area contributed by atoms with Crippen LogP contribution in [0.2, 0.25) is 0 Å². The molecule has 1 N–H and O–H groups in total. The Balaban J connectivity index is 1.77. The molecule has 0 radical (unpaired) electrons. The summed E-state index contributed by atoms with van der Waals surface area (Å²) in [7, 11) is -0.700. The Bertz CT molecular complexity index is 409. The van der Waals surface area contributed by atoms with E-state index < -0.39 is 10.8 Å². The third-order valence-electron chi connectivity index (χ3n) is 3.69. The first-order valence-electron chi connectivity index (χ1n) is 6.67. The molecule has 2 nitrogen and oxygen atoms in total. The molecule has 100 valence electrons. The maximum atomic E-state index is 11.1. The van der Waals surface area contributed by atoms with Crippen molar-refractivity contribution in [2.75, 3.05) is 12.0 Å². The number of nitrogens with one attached hydrogen (secondary N) is 1. The largest absolute Gasteiger partial charge is 0.311 e. The molecule has 1 aromatic rings. The summed E-state index contributed by atoms with van der Waals surface area (Å²) in [5.41, 5.74) is 2.79. The van der Waals surface area contributed by atoms with E-state index in [1.165, 1.54) is 24.0 Å². The molecule has 3 heteroatoms. The van der Waals surface area contributed by atoms with Crippen molar-refractivity contribution < 1.29 is 4.21 Å². The summed E-state index contributed by atoms with van der Waals surface area (Å²) in [5, 5.41) is 3.57. The van der Waals surface area contributed by atoms with Crippen LogP contribution in [0.25, 0.3) is 0 Å². The molecule has 0 amide bonds. The van der Waals surface area contributed by atoms with Gasteiger partial charge in [0.25, 0.3) is 0 Å². The van der Waals surface area contributed by atoms with E-state index in [1.807, 2.05) is 0 Å². The lowest BCUT2D eigenvalue weighted by molar-refractivity contribution is 0.276. The molecule has 0 aromatic heterocycles. The SMILES string of the molecule is Cc1ccc(C2CC(NC(C)CS(C)=O)C2)cc1. The minimum atomic E-state index is -0.700. The van der Waals surface area contributed by atoms with Crippen LogP contribution in [-0.2, 0) is 10.8 Å². The summed E-state index contributed by atoms with van der Waals surface area (Å²) in [5.74, 6) is 1.47. The topological polar surface area (TPSA) is 29.1 Å². The van der Waals surface area contributed by atoms with Crippen molar-refractivity contribution in [2.45, 2.75) is 44.7 Å². The smallest absolute Gasteiger partial charge is 0.0383 e. The molecule has 0 aliphatic heterocycles. The number of aryl methyl sites for hydroxylation is 1. The second-order valence-corrected chi connectivity index (χ2v) is 7.06. The quantitative estimate of drug-likeness (QED) is 0.886. The average molecular weight is 265 g/mol. The Morgan fingerprint density at radius 1 is 1.33 bits per heavy atom. The third kappa shape index (κ3) is 3.66. The van der Waals surface area contributed by atoms with Crippen LogP contribution in [0.4, 0.5) is 0 Å². The molecule has 2 atom stereocenters. The van der Waals surface area contributed by atoms with Gasteiger partial charge in [0, 0.05) is 34.9 Å². The molecule has 0 heterocycles. The van der Waals surface area contributed by atoms with Crippen molar-refractivity contribution in [2.24, 2.45) is 0 Å². The zero-order valence-corrected chi connectivity index (χ0v) is 12.3. The first kappa shape index (κ1) is 13.8. The van der Waals surface area contributed by atoms with E-state index in [0.29, 0.717) is 18.0 Å². The predicted octanol–water partition coefficient (Wildman–Crippen LogP) is 2.60. The summed E-state index contributed by atoms with van der Waals surface area (Å²) in [4.78, 5) is 0. The van der Waals surface area contributed by atoms with Gasteiger partial charge in [0.2, 0.25) is 0 Å². The number of hydrogen-bond acceptors (Lipinski definition) is 2. The van der Waals surface area contributed by atoms with Crippen LogP contribution in [-0.4, -0.2) is 28.3 Å². The molecule has 1 aromatic carbocycles. The highest BCUT2D eigenvalue weighted by atomic mass is 32.2. The molecule has 2 rings (SSSR count). The monoisotopic (exact) mass is 265 g/mol. The molecule has 1 saturated carbocycles. The van der Waals surface area contributed by atoms with Crippen molar-refractivity contribution in [1.29, 1.82) is 0 Å². The fraction of sp³-hybridized carbons (Fsp3) is 0.600. The van der Waals surface area contributed by atoms with Gasteiger partial charge in [0.05, 0.1) is 0 Å². The summed E-state index contributed by atoms with van der Waals surface area (Å²) in [6.45, 7) is 4.25. The Hall–Kier alpha value is -0.670. The van der Waals surface area contributed by atoms with Crippen LogP contribution < -0.4 is 5.32 Å². The maximum absolute atomic E-state index is 11.1. The minimum absolute atomic E-state index is 0.361. The first-order chi connectivity index (χ1) is 8.54. The highest BCUT2D eigenvalue weighted by Gasteiger charge is 2.30. The maximum Gasteiger partial charge on any atom is 0.0383 e. The molecule has 0 saturated heterocycles. The van der Waals surface area contributed by atoms with Crippen molar-refractivity contribution in [1.82, 2.24) is 5.32 Å². The van der Waals surface area contributed by atoms with E-state index >= 15 is 0 Å². The normalized spacial score (nSPS) is 26.4. The molecule has 0 bridgehead atoms. The molecule has 1 aliphatic rings. The van der Waals surface area contributed by atoms with Gasteiger partial charge >= 0.3 is 0 Å². The van der Waals surface area contributed by atoms with Gasteiger partial charge < -0.3 is 5.32 Å². The standard InChI is InChI=1S/C15H23NOS/c1-11-4-6-13(7-5-11)14-8-15(9-14)16-12(2)10-18(3)17/h4-7,12,14-16H,8-10H2,1-3H3. The van der Waals surface area contributed by atoms with Crippen LogP contribution >= 0.6 is 0 Å². The fourth-order valence-electron chi connectivity index (χ4n) is 2.67. The Kier molecular flexibility index (Phi) is 4.57. The van der Waals surface area contributed by atoms with Crippen LogP contribution in [0.1, 0.15) is 36.8 Å². The molecule has 18 heavy (non-hydrogen) atoms. The highest BCUT2D eigenvalue weighted by molar-refractivity contribution is 7.84. The second-order valence-electron chi connectivity index (χ2n) is 5.58. The molecule has 1 aliphatic carbocycles. The van der Waals surface area contributed by atoms with Gasteiger partial charge in [-0.15, -0.1) is 0 Å². The van der Waals surface area contributed by atoms with E-state index in [9.17, 15) is 4.21 Å². The summed E-state index contributed by atoms with van der Waals surface area (Å²) in [6, 6.07) is 9.86. The van der Waals surface area contributed by atoms with Crippen molar-refractivity contribution >= 4 is 10.8 Å². The lowest BCUT2D eigenvalue weighted by atomic mass is 9.75. The lowest BCUT2D eigenvalue weighted by Gasteiger charge is -2.38. The molecule has 1 fully saturated rings. The van der Waals surface area contributed by atoms with Gasteiger partial charge in [0.1, 0.15) is 0 Å². The number of hydrogen-bond donors (Lipinski definition) is 1. The molecule has 0 spiro atoms. The minimum Gasteiger partial charge on any atom is -0.311 e. The Morgan fingerprint density at radius 3 is 2.50 bits per heavy atom. The summed E-state index contributed by atoms with van der Waals surface area (Å²) < 4.78 is 11.1. The van der Waals surface area contributed by atoms with Crippen LogP contribution in [0.15, 0.2) is 24.3 Å². The van der Waals surface area contributed by atoms with E-state index in [-0.39, 0.29) is 0 Å². The zero-order chi connectivity index (χ0) is 13.1. The van der Waals surface area contributed by atoms with Crippen LogP contribution in [0.5, 0.6) is 0 Å². The number of benzene rings is 1. The van der Waals surface area contributed by atoms with Crippen molar-refractivity contribution in [3.63, 3.8) is 0 Å². The zero-order valence-electron chi connectivity index (χ0n) is 11.5. The average Bonchev–Trinajstić information content (AvgIpc) is 2.23. The Labute approximate surface area is 113 Å². The highest BCUT2D eigenvalue weighted by Crippen LogP contribution is 2.37. The van der Waals surface area contributed by atoms with Crippen LogP contribution in [0.3, 0.4) is 0 Å². The van der Waals surface area contributed by atoms with Gasteiger partial charge in [-0.3, -0.25) is 4.21 Å². The van der Waals surface area contributed by atoms with Gasteiger partial charge in [-0.2, -0.15) is 0 Å². The fourth-order valence-corrected chi connectivity index (χ4v) is 3.47. The molecule has 2 unspecified atom stereocenters. The lowest BCUT2D eigenvalue weighted by Crippen LogP contribution is -2.46. The van der Waals surface area contributed by atoms with E-state index in [1.54, 1.807) is 6.26 Å². The van der Waals surface area contributed by atoms with Crippen LogP contribution in [0, 0.1) is 6.92 Å². The predicted molar refractivity (Wildman–Crippen MR) is 78.5 cm³/mol. The van der Waals surface area contributed by atoms with Gasteiger partial charge in [-0.1, -0.05) is 29.8 Å². The van der Waals surface area contributed by atoms with E-state index in [4.69, 9.17) is 0 Å². The molecular formula is C15H23NOS. The second kappa shape index (κ2) is 5.98. The molecular weight excluding hydrogens is 242 g/mol. The third-order valence-corrected chi connectivity index (χ3v) is 4.66. The Morgan fingerprint density at radius 2 is 1.94 bits per heavy atom. The summed E-state index contributed by atoms with van der Waals surface area (Å²) in [6.07, 6.45) is 4.20. The van der Waals surface area contributed by atoms with Crippen molar-refractivity contribution in [3.05, 3.63) is 35.4 Å². The van der Waals surface area contributed by atoms with Gasteiger partial charge in [-0.25, -0.2) is 0 Å². The van der Waals surface area contributed by atoms with E-state index in [2.05, 4.69) is 43.4 Å².